The van der Waals surface area contributed by atoms with Gasteiger partial charge < -0.3 is 16.5 Å². The normalized spacial score (nSPS) is 10.7. The van der Waals surface area contributed by atoms with Gasteiger partial charge in [0.15, 0.2) is 11.6 Å². The standard InChI is InChI=1S/C13H17ClN6/c1-8-6-9(14)4-5-10(8)18-12-11(15)13(17-7-16-12)19-20(2)3/h4-7H,15H2,1-3H3,(H2,16,17,18,19). The highest BCUT2D eigenvalue weighted by Crippen LogP contribution is 2.28. The molecule has 0 unspecified atom stereocenters. The fraction of sp³-hybridized carbons (Fsp3) is 0.231. The Morgan fingerprint density at radius 3 is 2.55 bits per heavy atom. The quantitative estimate of drug-likeness (QED) is 0.752. The van der Waals surface area contributed by atoms with Crippen LogP contribution in [0.5, 0.6) is 0 Å². The Morgan fingerprint density at radius 1 is 1.20 bits per heavy atom. The topological polar surface area (TPSA) is 79.1 Å². The van der Waals surface area contributed by atoms with Gasteiger partial charge in [0.1, 0.15) is 12.0 Å². The molecule has 2 rings (SSSR count). The molecule has 0 aliphatic carbocycles. The van der Waals surface area contributed by atoms with Crippen LogP contribution in [-0.4, -0.2) is 29.1 Å². The molecule has 0 bridgehead atoms. The van der Waals surface area contributed by atoms with E-state index in [0.29, 0.717) is 22.3 Å². The first-order valence-corrected chi connectivity index (χ1v) is 6.43. The van der Waals surface area contributed by atoms with Crippen molar-refractivity contribution in [1.29, 1.82) is 0 Å². The second kappa shape index (κ2) is 5.94. The van der Waals surface area contributed by atoms with E-state index >= 15 is 0 Å². The molecule has 0 saturated heterocycles. The van der Waals surface area contributed by atoms with Crippen LogP contribution in [0.4, 0.5) is 23.0 Å². The first kappa shape index (κ1) is 14.4. The smallest absolute Gasteiger partial charge is 0.169 e. The molecule has 0 aliphatic rings. The summed E-state index contributed by atoms with van der Waals surface area (Å²) < 4.78 is 0. The SMILES string of the molecule is Cc1cc(Cl)ccc1Nc1ncnc(NN(C)C)c1N. The summed E-state index contributed by atoms with van der Waals surface area (Å²) in [4.78, 5) is 8.27. The lowest BCUT2D eigenvalue weighted by Crippen LogP contribution is -2.21. The zero-order valence-electron chi connectivity index (χ0n) is 11.6. The average Bonchev–Trinajstić information content (AvgIpc) is 2.36. The number of nitrogens with zero attached hydrogens (tertiary/aromatic N) is 3. The number of hydrogen-bond acceptors (Lipinski definition) is 6. The van der Waals surface area contributed by atoms with Crippen LogP contribution in [0.3, 0.4) is 0 Å². The second-order valence-corrected chi connectivity index (χ2v) is 5.01. The maximum Gasteiger partial charge on any atom is 0.169 e. The number of nitrogens with one attached hydrogen (secondary N) is 2. The molecular weight excluding hydrogens is 276 g/mol. The van der Waals surface area contributed by atoms with Gasteiger partial charge in [-0.05, 0) is 30.7 Å². The monoisotopic (exact) mass is 292 g/mol. The van der Waals surface area contributed by atoms with Crippen molar-refractivity contribution in [2.45, 2.75) is 6.92 Å². The fourth-order valence-corrected chi connectivity index (χ4v) is 1.92. The van der Waals surface area contributed by atoms with Crippen molar-refractivity contribution in [1.82, 2.24) is 15.0 Å². The van der Waals surface area contributed by atoms with Gasteiger partial charge in [0.25, 0.3) is 0 Å². The van der Waals surface area contributed by atoms with Gasteiger partial charge in [-0.25, -0.2) is 15.0 Å². The molecule has 1 aromatic heterocycles. The van der Waals surface area contributed by atoms with E-state index in [0.717, 1.165) is 11.3 Å². The second-order valence-electron chi connectivity index (χ2n) is 4.58. The Morgan fingerprint density at radius 2 is 1.90 bits per heavy atom. The first-order valence-electron chi connectivity index (χ1n) is 6.05. The fourth-order valence-electron chi connectivity index (χ4n) is 1.69. The van der Waals surface area contributed by atoms with E-state index in [-0.39, 0.29) is 0 Å². The average molecular weight is 293 g/mol. The zero-order valence-corrected chi connectivity index (χ0v) is 12.4. The number of halogens is 1. The number of aryl methyl sites for hydroxylation is 1. The molecule has 2 aromatic rings. The summed E-state index contributed by atoms with van der Waals surface area (Å²) in [7, 11) is 3.72. The Kier molecular flexibility index (Phi) is 4.26. The third-order valence-electron chi connectivity index (χ3n) is 2.65. The van der Waals surface area contributed by atoms with Crippen LogP contribution in [0.2, 0.25) is 5.02 Å². The molecule has 0 radical (unpaired) electrons. The van der Waals surface area contributed by atoms with Gasteiger partial charge in [-0.3, -0.25) is 0 Å². The molecule has 4 N–H and O–H groups in total. The maximum absolute atomic E-state index is 6.06. The maximum atomic E-state index is 6.06. The number of aromatic nitrogens is 2. The summed E-state index contributed by atoms with van der Waals surface area (Å²) in [6.45, 7) is 1.96. The summed E-state index contributed by atoms with van der Waals surface area (Å²) in [5.41, 5.74) is 11.4. The molecule has 106 valence electrons. The third-order valence-corrected chi connectivity index (χ3v) is 2.89. The molecular formula is C13H17ClN6. The minimum Gasteiger partial charge on any atom is -0.393 e. The number of nitrogens with two attached hydrogens (primary N) is 1. The van der Waals surface area contributed by atoms with Crippen LogP contribution in [0.1, 0.15) is 5.56 Å². The van der Waals surface area contributed by atoms with Gasteiger partial charge in [-0.2, -0.15) is 0 Å². The Labute approximate surface area is 122 Å². The number of benzene rings is 1. The lowest BCUT2D eigenvalue weighted by atomic mass is 10.2. The Balaban J connectivity index is 2.29. The minimum atomic E-state index is 0.454. The summed E-state index contributed by atoms with van der Waals surface area (Å²) >= 11 is 5.94. The van der Waals surface area contributed by atoms with Crippen molar-refractivity contribution in [3.63, 3.8) is 0 Å². The largest absolute Gasteiger partial charge is 0.393 e. The van der Waals surface area contributed by atoms with E-state index in [4.69, 9.17) is 17.3 Å². The van der Waals surface area contributed by atoms with Crippen molar-refractivity contribution in [3.8, 4) is 0 Å². The molecule has 0 amide bonds. The van der Waals surface area contributed by atoms with E-state index in [2.05, 4.69) is 20.7 Å². The Hall–Kier alpha value is -2.05. The molecule has 6 nitrogen and oxygen atoms in total. The molecule has 1 heterocycles. The highest BCUT2D eigenvalue weighted by atomic mass is 35.5. The van der Waals surface area contributed by atoms with Crippen LogP contribution < -0.4 is 16.5 Å². The van der Waals surface area contributed by atoms with Crippen molar-refractivity contribution in [2.75, 3.05) is 30.6 Å². The highest BCUT2D eigenvalue weighted by Gasteiger charge is 2.09. The Bertz CT molecular complexity index is 614. The van der Waals surface area contributed by atoms with Crippen molar-refractivity contribution >= 4 is 34.6 Å². The molecule has 0 fully saturated rings. The van der Waals surface area contributed by atoms with Crippen LogP contribution in [0.15, 0.2) is 24.5 Å². The molecule has 0 saturated carbocycles. The zero-order chi connectivity index (χ0) is 14.7. The molecule has 7 heteroatoms. The highest BCUT2D eigenvalue weighted by molar-refractivity contribution is 6.30. The predicted octanol–water partition coefficient (Wildman–Crippen LogP) is 2.65. The van der Waals surface area contributed by atoms with Crippen LogP contribution >= 0.6 is 11.6 Å². The number of hydrogen-bond donors (Lipinski definition) is 3. The van der Waals surface area contributed by atoms with Gasteiger partial charge >= 0.3 is 0 Å². The lowest BCUT2D eigenvalue weighted by Gasteiger charge is -2.16. The number of nitrogen functional groups attached to an aromatic ring is 1. The predicted molar refractivity (Wildman–Crippen MR) is 83.2 cm³/mol. The van der Waals surface area contributed by atoms with Gasteiger partial charge in [0.05, 0.1) is 0 Å². The minimum absolute atomic E-state index is 0.454. The molecule has 0 aliphatic heterocycles. The summed E-state index contributed by atoms with van der Waals surface area (Å²) in [6, 6.07) is 5.58. The van der Waals surface area contributed by atoms with Gasteiger partial charge in [-0.15, -0.1) is 0 Å². The van der Waals surface area contributed by atoms with Gasteiger partial charge in [0, 0.05) is 24.8 Å². The van der Waals surface area contributed by atoms with E-state index in [1.807, 2.05) is 39.2 Å². The van der Waals surface area contributed by atoms with E-state index in [1.54, 1.807) is 5.01 Å². The molecule has 0 atom stereocenters. The van der Waals surface area contributed by atoms with E-state index in [9.17, 15) is 0 Å². The first-order chi connectivity index (χ1) is 9.47. The van der Waals surface area contributed by atoms with Gasteiger partial charge in [0.2, 0.25) is 0 Å². The van der Waals surface area contributed by atoms with Crippen molar-refractivity contribution in [3.05, 3.63) is 35.1 Å². The summed E-state index contributed by atoms with van der Waals surface area (Å²) in [5.74, 6) is 1.11. The number of anilines is 4. The van der Waals surface area contributed by atoms with Gasteiger partial charge in [-0.1, -0.05) is 11.6 Å². The lowest BCUT2D eigenvalue weighted by molar-refractivity contribution is 0.492. The van der Waals surface area contributed by atoms with Crippen LogP contribution in [0, 0.1) is 6.92 Å². The number of rotatable bonds is 4. The molecule has 0 spiro atoms. The van der Waals surface area contributed by atoms with E-state index in [1.165, 1.54) is 6.33 Å². The number of hydrazine groups is 1. The third kappa shape index (κ3) is 3.28. The van der Waals surface area contributed by atoms with Crippen LogP contribution in [-0.2, 0) is 0 Å². The molecule has 1 aromatic carbocycles. The van der Waals surface area contributed by atoms with Crippen molar-refractivity contribution < 1.29 is 0 Å². The van der Waals surface area contributed by atoms with E-state index < -0.39 is 0 Å². The molecule has 20 heavy (non-hydrogen) atoms. The summed E-state index contributed by atoms with van der Waals surface area (Å²) in [5, 5.41) is 5.64. The summed E-state index contributed by atoms with van der Waals surface area (Å²) in [6.07, 6.45) is 1.45. The van der Waals surface area contributed by atoms with Crippen LogP contribution in [0.25, 0.3) is 0 Å². The van der Waals surface area contributed by atoms with Crippen molar-refractivity contribution in [2.24, 2.45) is 0 Å².